The van der Waals surface area contributed by atoms with Crippen LogP contribution in [-0.4, -0.2) is 23.8 Å². The Morgan fingerprint density at radius 1 is 1.33 bits per heavy atom. The van der Waals surface area contributed by atoms with Crippen LogP contribution in [0.3, 0.4) is 0 Å². The van der Waals surface area contributed by atoms with E-state index in [1.807, 2.05) is 0 Å². The van der Waals surface area contributed by atoms with Crippen molar-refractivity contribution in [3.63, 3.8) is 0 Å². The summed E-state index contributed by atoms with van der Waals surface area (Å²) < 4.78 is 0. The van der Waals surface area contributed by atoms with Crippen LogP contribution in [0.25, 0.3) is 0 Å². The Morgan fingerprint density at radius 2 is 2.10 bits per heavy atom. The fourth-order valence-corrected chi connectivity index (χ4v) is 2.50. The second-order valence-corrected chi connectivity index (χ2v) is 5.28. The Bertz CT molecular complexity index is 681. The molecule has 0 fully saturated rings. The van der Waals surface area contributed by atoms with Crippen molar-refractivity contribution in [3.05, 3.63) is 45.4 Å². The largest absolute Gasteiger partial charge is 0.355 e. The molecule has 2 aromatic rings. The lowest BCUT2D eigenvalue weighted by atomic mass is 10.1. The smallest absolute Gasteiger partial charge is 0.275 e. The van der Waals surface area contributed by atoms with Gasteiger partial charge in [-0.1, -0.05) is 6.07 Å². The molecule has 4 N–H and O–H groups in total. The van der Waals surface area contributed by atoms with Gasteiger partial charge in [0.1, 0.15) is 10.7 Å². The van der Waals surface area contributed by atoms with Crippen molar-refractivity contribution in [2.24, 2.45) is 5.73 Å². The zero-order chi connectivity index (χ0) is 15.4. The molecule has 0 saturated heterocycles. The van der Waals surface area contributed by atoms with Gasteiger partial charge in [0.05, 0.1) is 0 Å². The zero-order valence-electron chi connectivity index (χ0n) is 11.8. The molecule has 0 saturated carbocycles. The van der Waals surface area contributed by atoms with Crippen molar-refractivity contribution in [2.45, 2.75) is 13.5 Å². The third-order valence-corrected chi connectivity index (χ3v) is 3.88. The number of thiazole rings is 1. The SMILES string of the molecule is CNC(=O)c1cccc(NC(=O)c2csc(CN)n2)c1C. The summed E-state index contributed by atoms with van der Waals surface area (Å²) in [6, 6.07) is 5.18. The molecule has 7 heteroatoms. The van der Waals surface area contributed by atoms with E-state index in [4.69, 9.17) is 5.73 Å². The van der Waals surface area contributed by atoms with Crippen LogP contribution in [0.1, 0.15) is 31.4 Å². The molecule has 110 valence electrons. The Balaban J connectivity index is 2.23. The Kier molecular flexibility index (Phi) is 4.66. The van der Waals surface area contributed by atoms with Crippen molar-refractivity contribution in [1.29, 1.82) is 0 Å². The third-order valence-electron chi connectivity index (χ3n) is 3.01. The molecule has 0 atom stereocenters. The summed E-state index contributed by atoms with van der Waals surface area (Å²) in [6.45, 7) is 2.09. The van der Waals surface area contributed by atoms with Crippen LogP contribution < -0.4 is 16.4 Å². The average Bonchev–Trinajstić information content (AvgIpc) is 2.97. The highest BCUT2D eigenvalue weighted by Gasteiger charge is 2.14. The van der Waals surface area contributed by atoms with Crippen molar-refractivity contribution in [1.82, 2.24) is 10.3 Å². The highest BCUT2D eigenvalue weighted by Crippen LogP contribution is 2.20. The van der Waals surface area contributed by atoms with Crippen molar-refractivity contribution in [2.75, 3.05) is 12.4 Å². The van der Waals surface area contributed by atoms with E-state index in [1.165, 1.54) is 11.3 Å². The van der Waals surface area contributed by atoms with E-state index in [0.717, 1.165) is 0 Å². The fraction of sp³-hybridized carbons (Fsp3) is 0.214. The van der Waals surface area contributed by atoms with E-state index in [-0.39, 0.29) is 11.8 Å². The number of hydrogen-bond donors (Lipinski definition) is 3. The highest BCUT2D eigenvalue weighted by molar-refractivity contribution is 7.09. The second kappa shape index (κ2) is 6.47. The number of nitrogens with zero attached hydrogens (tertiary/aromatic N) is 1. The van der Waals surface area contributed by atoms with E-state index >= 15 is 0 Å². The Labute approximate surface area is 126 Å². The van der Waals surface area contributed by atoms with Gasteiger partial charge in [-0.05, 0) is 24.6 Å². The number of benzene rings is 1. The number of anilines is 1. The Hall–Kier alpha value is -2.25. The lowest BCUT2D eigenvalue weighted by Crippen LogP contribution is -2.20. The number of rotatable bonds is 4. The molecule has 2 amide bonds. The Morgan fingerprint density at radius 3 is 2.71 bits per heavy atom. The maximum absolute atomic E-state index is 12.1. The van der Waals surface area contributed by atoms with Gasteiger partial charge in [0.2, 0.25) is 0 Å². The average molecular weight is 304 g/mol. The van der Waals surface area contributed by atoms with Gasteiger partial charge < -0.3 is 16.4 Å². The normalized spacial score (nSPS) is 10.2. The monoisotopic (exact) mass is 304 g/mol. The van der Waals surface area contributed by atoms with Crippen LogP contribution in [0.2, 0.25) is 0 Å². The van der Waals surface area contributed by atoms with Gasteiger partial charge in [0.15, 0.2) is 0 Å². The van der Waals surface area contributed by atoms with Gasteiger partial charge in [-0.15, -0.1) is 11.3 Å². The molecule has 6 nitrogen and oxygen atoms in total. The van der Waals surface area contributed by atoms with Crippen molar-refractivity contribution < 1.29 is 9.59 Å². The quantitative estimate of drug-likeness (QED) is 0.798. The first-order valence-electron chi connectivity index (χ1n) is 6.34. The van der Waals surface area contributed by atoms with E-state index < -0.39 is 0 Å². The van der Waals surface area contributed by atoms with Crippen LogP contribution in [0, 0.1) is 6.92 Å². The predicted octanol–water partition coefficient (Wildman–Crippen LogP) is 1.52. The first-order valence-corrected chi connectivity index (χ1v) is 7.22. The number of hydrogen-bond acceptors (Lipinski definition) is 5. The lowest BCUT2D eigenvalue weighted by molar-refractivity contribution is 0.0960. The molecular weight excluding hydrogens is 288 g/mol. The number of nitrogens with one attached hydrogen (secondary N) is 2. The number of aromatic nitrogens is 1. The van der Waals surface area contributed by atoms with Crippen molar-refractivity contribution in [3.8, 4) is 0 Å². The highest BCUT2D eigenvalue weighted by atomic mass is 32.1. The first kappa shape index (κ1) is 15.1. The molecule has 1 aromatic heterocycles. The lowest BCUT2D eigenvalue weighted by Gasteiger charge is -2.11. The van der Waals surface area contributed by atoms with Crippen LogP contribution in [0.5, 0.6) is 0 Å². The summed E-state index contributed by atoms with van der Waals surface area (Å²) in [5.74, 6) is -0.509. The van der Waals surface area contributed by atoms with Gasteiger partial charge in [0, 0.05) is 30.2 Å². The second-order valence-electron chi connectivity index (χ2n) is 4.34. The molecular formula is C14H16N4O2S. The van der Waals surface area contributed by atoms with Gasteiger partial charge in [-0.25, -0.2) is 4.98 Å². The fourth-order valence-electron chi connectivity index (χ4n) is 1.85. The number of nitrogens with two attached hydrogens (primary N) is 1. The van der Waals surface area contributed by atoms with Gasteiger partial charge in [-0.2, -0.15) is 0 Å². The van der Waals surface area contributed by atoms with Gasteiger partial charge >= 0.3 is 0 Å². The number of amides is 2. The minimum Gasteiger partial charge on any atom is -0.355 e. The van der Waals surface area contributed by atoms with Gasteiger partial charge in [0.25, 0.3) is 11.8 Å². The molecule has 1 aromatic carbocycles. The first-order chi connectivity index (χ1) is 10.1. The predicted molar refractivity (Wildman–Crippen MR) is 82.5 cm³/mol. The van der Waals surface area contributed by atoms with E-state index in [0.29, 0.717) is 34.1 Å². The van der Waals surface area contributed by atoms with E-state index in [1.54, 1.807) is 37.6 Å². The summed E-state index contributed by atoms with van der Waals surface area (Å²) in [7, 11) is 1.57. The van der Waals surface area contributed by atoms with Crippen LogP contribution in [0.15, 0.2) is 23.6 Å². The summed E-state index contributed by atoms with van der Waals surface area (Å²) in [6.07, 6.45) is 0. The van der Waals surface area contributed by atoms with Gasteiger partial charge in [-0.3, -0.25) is 9.59 Å². The number of carbonyl (C=O) groups excluding carboxylic acids is 2. The summed E-state index contributed by atoms with van der Waals surface area (Å²) in [5.41, 5.74) is 7.62. The third kappa shape index (κ3) is 3.26. The topological polar surface area (TPSA) is 97.1 Å². The van der Waals surface area contributed by atoms with E-state index in [9.17, 15) is 9.59 Å². The molecule has 0 bridgehead atoms. The molecule has 2 rings (SSSR count). The maximum Gasteiger partial charge on any atom is 0.275 e. The summed E-state index contributed by atoms with van der Waals surface area (Å²) >= 11 is 1.34. The van der Waals surface area contributed by atoms with Crippen LogP contribution in [0.4, 0.5) is 5.69 Å². The molecule has 0 radical (unpaired) electrons. The summed E-state index contributed by atoms with van der Waals surface area (Å²) in [5, 5.41) is 7.70. The molecule has 21 heavy (non-hydrogen) atoms. The molecule has 0 unspecified atom stereocenters. The van der Waals surface area contributed by atoms with Crippen molar-refractivity contribution >= 4 is 28.8 Å². The minimum absolute atomic E-state index is 0.192. The molecule has 0 aliphatic rings. The number of carbonyl (C=O) groups is 2. The maximum atomic E-state index is 12.1. The molecule has 0 spiro atoms. The summed E-state index contributed by atoms with van der Waals surface area (Å²) in [4.78, 5) is 28.0. The zero-order valence-corrected chi connectivity index (χ0v) is 12.6. The molecule has 0 aliphatic carbocycles. The minimum atomic E-state index is -0.317. The van der Waals surface area contributed by atoms with Crippen LogP contribution >= 0.6 is 11.3 Å². The van der Waals surface area contributed by atoms with E-state index in [2.05, 4.69) is 15.6 Å². The van der Waals surface area contributed by atoms with Crippen LogP contribution in [-0.2, 0) is 6.54 Å². The standard InChI is InChI=1S/C14H16N4O2S/c1-8-9(13(19)16-2)4-3-5-10(8)18-14(20)11-7-21-12(6-15)17-11/h3-5,7H,6,15H2,1-2H3,(H,16,19)(H,18,20). The molecule has 1 heterocycles. The molecule has 0 aliphatic heterocycles.